The summed E-state index contributed by atoms with van der Waals surface area (Å²) in [6.07, 6.45) is 0.666. The lowest BCUT2D eigenvalue weighted by Gasteiger charge is -2.17. The highest BCUT2D eigenvalue weighted by Gasteiger charge is 2.19. The summed E-state index contributed by atoms with van der Waals surface area (Å²) in [5.74, 6) is -0.434. The van der Waals surface area contributed by atoms with Gasteiger partial charge in [0.2, 0.25) is 0 Å². The van der Waals surface area contributed by atoms with Crippen LogP contribution in [-0.4, -0.2) is 15.0 Å². The fourth-order valence-corrected chi connectivity index (χ4v) is 1.23. The summed E-state index contributed by atoms with van der Waals surface area (Å²) in [6, 6.07) is 0. The Bertz CT molecular complexity index is 286. The standard InChI is InChI=1S/C9H16FN3/c1-5-13-7(6-9(2,3)4)8(10)11-12-13/h5-6H2,1-4H3. The van der Waals surface area contributed by atoms with Crippen LogP contribution in [0.5, 0.6) is 0 Å². The van der Waals surface area contributed by atoms with Gasteiger partial charge in [-0.25, -0.2) is 4.68 Å². The van der Waals surface area contributed by atoms with E-state index >= 15 is 0 Å². The molecule has 74 valence electrons. The smallest absolute Gasteiger partial charge is 0.247 e. The molecule has 0 aliphatic rings. The van der Waals surface area contributed by atoms with Crippen LogP contribution in [0.1, 0.15) is 33.4 Å². The van der Waals surface area contributed by atoms with Gasteiger partial charge in [-0.05, 0) is 18.8 Å². The molecule has 1 aromatic heterocycles. The zero-order valence-corrected chi connectivity index (χ0v) is 8.63. The van der Waals surface area contributed by atoms with Gasteiger partial charge >= 0.3 is 0 Å². The third kappa shape index (κ3) is 2.50. The molecule has 0 radical (unpaired) electrons. The first-order valence-electron chi connectivity index (χ1n) is 4.52. The molecular formula is C9H16FN3. The molecule has 0 aromatic carbocycles. The van der Waals surface area contributed by atoms with Crippen molar-refractivity contribution < 1.29 is 4.39 Å². The summed E-state index contributed by atoms with van der Waals surface area (Å²) in [5.41, 5.74) is 0.671. The predicted octanol–water partition coefficient (Wildman–Crippen LogP) is 2.03. The predicted molar refractivity (Wildman–Crippen MR) is 48.8 cm³/mol. The Kier molecular flexibility index (Phi) is 2.68. The van der Waals surface area contributed by atoms with E-state index in [0.717, 1.165) is 0 Å². The summed E-state index contributed by atoms with van der Waals surface area (Å²) in [6.45, 7) is 8.81. The largest absolute Gasteiger partial charge is 0.255 e. The lowest BCUT2D eigenvalue weighted by atomic mass is 9.90. The Balaban J connectivity index is 2.92. The van der Waals surface area contributed by atoms with E-state index in [2.05, 4.69) is 31.1 Å². The number of halogens is 1. The van der Waals surface area contributed by atoms with Crippen LogP contribution in [0.2, 0.25) is 0 Å². The van der Waals surface area contributed by atoms with Gasteiger partial charge in [0.05, 0.1) is 5.69 Å². The lowest BCUT2D eigenvalue weighted by Crippen LogP contribution is -2.14. The van der Waals surface area contributed by atoms with Gasteiger partial charge in [0, 0.05) is 6.54 Å². The normalized spacial score (nSPS) is 12.1. The molecule has 0 aliphatic carbocycles. The number of aromatic nitrogens is 3. The average molecular weight is 185 g/mol. The van der Waals surface area contributed by atoms with Gasteiger partial charge in [-0.15, -0.1) is 0 Å². The van der Waals surface area contributed by atoms with Crippen LogP contribution < -0.4 is 0 Å². The number of hydrogen-bond donors (Lipinski definition) is 0. The minimum Gasteiger partial charge on any atom is -0.247 e. The Morgan fingerprint density at radius 2 is 2.00 bits per heavy atom. The van der Waals surface area contributed by atoms with E-state index in [1.54, 1.807) is 4.68 Å². The topological polar surface area (TPSA) is 30.7 Å². The van der Waals surface area contributed by atoms with Gasteiger partial charge in [0.15, 0.2) is 0 Å². The maximum Gasteiger partial charge on any atom is 0.255 e. The van der Waals surface area contributed by atoms with Gasteiger partial charge in [-0.1, -0.05) is 31.1 Å². The van der Waals surface area contributed by atoms with Gasteiger partial charge in [-0.3, -0.25) is 0 Å². The lowest BCUT2D eigenvalue weighted by molar-refractivity contribution is 0.384. The summed E-state index contributed by atoms with van der Waals surface area (Å²) < 4.78 is 14.7. The van der Waals surface area contributed by atoms with Crippen LogP contribution in [0.25, 0.3) is 0 Å². The Hall–Kier alpha value is -0.930. The molecule has 3 nitrogen and oxygen atoms in total. The van der Waals surface area contributed by atoms with Crippen LogP contribution in [0, 0.1) is 11.4 Å². The molecule has 4 heteroatoms. The Morgan fingerprint density at radius 1 is 1.38 bits per heavy atom. The highest BCUT2D eigenvalue weighted by Crippen LogP contribution is 2.21. The molecule has 0 saturated carbocycles. The highest BCUT2D eigenvalue weighted by molar-refractivity contribution is 5.00. The van der Waals surface area contributed by atoms with Gasteiger partial charge in [-0.2, -0.15) is 4.39 Å². The number of hydrogen-bond acceptors (Lipinski definition) is 2. The van der Waals surface area contributed by atoms with Crippen molar-refractivity contribution in [2.45, 2.75) is 40.7 Å². The van der Waals surface area contributed by atoms with Crippen molar-refractivity contribution in [3.63, 3.8) is 0 Å². The second-order valence-corrected chi connectivity index (χ2v) is 4.38. The molecule has 1 heterocycles. The van der Waals surface area contributed by atoms with E-state index in [-0.39, 0.29) is 5.41 Å². The maximum absolute atomic E-state index is 13.1. The minimum atomic E-state index is -0.434. The first kappa shape index (κ1) is 10.2. The van der Waals surface area contributed by atoms with Crippen molar-refractivity contribution in [1.82, 2.24) is 15.0 Å². The van der Waals surface area contributed by atoms with Crippen LogP contribution >= 0.6 is 0 Å². The van der Waals surface area contributed by atoms with Crippen molar-refractivity contribution in [3.05, 3.63) is 11.6 Å². The van der Waals surface area contributed by atoms with Gasteiger partial charge < -0.3 is 0 Å². The fraction of sp³-hybridized carbons (Fsp3) is 0.778. The molecule has 0 amide bonds. The third-order valence-corrected chi connectivity index (χ3v) is 1.79. The van der Waals surface area contributed by atoms with Crippen molar-refractivity contribution in [2.24, 2.45) is 5.41 Å². The highest BCUT2D eigenvalue weighted by atomic mass is 19.1. The molecule has 0 aliphatic heterocycles. The van der Waals surface area contributed by atoms with Crippen LogP contribution in [-0.2, 0) is 13.0 Å². The van der Waals surface area contributed by atoms with Crippen molar-refractivity contribution in [2.75, 3.05) is 0 Å². The van der Waals surface area contributed by atoms with E-state index in [9.17, 15) is 4.39 Å². The summed E-state index contributed by atoms with van der Waals surface area (Å²) >= 11 is 0. The fourth-order valence-electron chi connectivity index (χ4n) is 1.23. The Labute approximate surface area is 77.9 Å². The number of rotatable bonds is 2. The van der Waals surface area contributed by atoms with E-state index < -0.39 is 5.95 Å². The molecular weight excluding hydrogens is 169 g/mol. The number of aryl methyl sites for hydroxylation is 1. The molecule has 1 rings (SSSR count). The summed E-state index contributed by atoms with van der Waals surface area (Å²) in [7, 11) is 0. The average Bonchev–Trinajstić information content (AvgIpc) is 2.30. The molecule has 0 saturated heterocycles. The third-order valence-electron chi connectivity index (χ3n) is 1.79. The molecule has 0 fully saturated rings. The molecule has 0 atom stereocenters. The van der Waals surface area contributed by atoms with Crippen LogP contribution in [0.15, 0.2) is 0 Å². The Morgan fingerprint density at radius 3 is 2.46 bits per heavy atom. The zero-order chi connectivity index (χ0) is 10.1. The van der Waals surface area contributed by atoms with E-state index in [0.29, 0.717) is 18.7 Å². The molecule has 0 N–H and O–H groups in total. The van der Waals surface area contributed by atoms with Crippen molar-refractivity contribution in [1.29, 1.82) is 0 Å². The van der Waals surface area contributed by atoms with Gasteiger partial charge in [0.1, 0.15) is 0 Å². The first-order valence-corrected chi connectivity index (χ1v) is 4.52. The first-order chi connectivity index (χ1) is 5.94. The monoisotopic (exact) mass is 185 g/mol. The number of nitrogens with zero attached hydrogens (tertiary/aromatic N) is 3. The van der Waals surface area contributed by atoms with E-state index in [1.165, 1.54) is 0 Å². The quantitative estimate of drug-likeness (QED) is 0.705. The van der Waals surface area contributed by atoms with E-state index in [4.69, 9.17) is 0 Å². The maximum atomic E-state index is 13.1. The van der Waals surface area contributed by atoms with Gasteiger partial charge in [0.25, 0.3) is 5.95 Å². The second kappa shape index (κ2) is 3.44. The molecule has 13 heavy (non-hydrogen) atoms. The van der Waals surface area contributed by atoms with Crippen molar-refractivity contribution in [3.8, 4) is 0 Å². The molecule has 0 bridgehead atoms. The summed E-state index contributed by atoms with van der Waals surface area (Å²) in [4.78, 5) is 0. The SMILES string of the molecule is CCn1nnc(F)c1CC(C)(C)C. The van der Waals surface area contributed by atoms with Crippen LogP contribution in [0.4, 0.5) is 4.39 Å². The second-order valence-electron chi connectivity index (χ2n) is 4.38. The van der Waals surface area contributed by atoms with Crippen LogP contribution in [0.3, 0.4) is 0 Å². The zero-order valence-electron chi connectivity index (χ0n) is 8.63. The molecule has 0 spiro atoms. The van der Waals surface area contributed by atoms with Crippen molar-refractivity contribution >= 4 is 0 Å². The van der Waals surface area contributed by atoms with E-state index in [1.807, 2.05) is 6.92 Å². The molecule has 1 aromatic rings. The molecule has 0 unspecified atom stereocenters. The minimum absolute atomic E-state index is 0.0650. The summed E-state index contributed by atoms with van der Waals surface area (Å²) in [5, 5.41) is 7.13.